The van der Waals surface area contributed by atoms with Crippen LogP contribution in [0.15, 0.2) is 12.1 Å². The molecule has 1 amide bonds. The molecule has 1 aromatic carbocycles. The molecule has 1 saturated heterocycles. The fraction of sp³-hybridized carbons (Fsp3) is 0.562. The lowest BCUT2D eigenvalue weighted by atomic mass is 10.1. The zero-order valence-corrected chi connectivity index (χ0v) is 13.7. The van der Waals surface area contributed by atoms with Crippen LogP contribution in [0.4, 0.5) is 17.6 Å². The van der Waals surface area contributed by atoms with E-state index in [0.717, 1.165) is 25.5 Å². The normalized spacial score (nSPS) is 17.4. The van der Waals surface area contributed by atoms with Gasteiger partial charge in [-0.3, -0.25) is 4.79 Å². The molecule has 140 valence electrons. The average molecular weight is 364 g/mol. The Bertz CT molecular complexity index is 602. The first-order valence-corrected chi connectivity index (χ1v) is 7.87. The molecule has 1 atom stereocenters. The molecule has 2 N–H and O–H groups in total. The van der Waals surface area contributed by atoms with Gasteiger partial charge in [0.2, 0.25) is 5.91 Å². The summed E-state index contributed by atoms with van der Waals surface area (Å²) in [5.74, 6) is -1.10. The Labute approximate surface area is 142 Å². The van der Waals surface area contributed by atoms with Gasteiger partial charge in [0, 0.05) is 18.2 Å². The molecule has 0 aromatic heterocycles. The number of carbonyl (C=O) groups is 1. The number of rotatable bonds is 7. The Kier molecular flexibility index (Phi) is 6.46. The molecule has 0 aliphatic carbocycles. The van der Waals surface area contributed by atoms with Gasteiger partial charge < -0.3 is 20.1 Å². The van der Waals surface area contributed by atoms with Crippen LogP contribution in [0, 0.1) is 5.82 Å². The van der Waals surface area contributed by atoms with Crippen molar-refractivity contribution in [3.63, 3.8) is 0 Å². The van der Waals surface area contributed by atoms with E-state index in [1.165, 1.54) is 13.2 Å². The van der Waals surface area contributed by atoms with Crippen LogP contribution in [0.3, 0.4) is 0 Å². The number of benzene rings is 1. The van der Waals surface area contributed by atoms with Crippen LogP contribution in [0.1, 0.15) is 24.8 Å². The number of carbonyl (C=O) groups excluding carboxylic acids is 1. The number of hydrogen-bond donors (Lipinski definition) is 2. The zero-order chi connectivity index (χ0) is 18.4. The van der Waals surface area contributed by atoms with E-state index in [4.69, 9.17) is 9.47 Å². The maximum absolute atomic E-state index is 14.0. The van der Waals surface area contributed by atoms with Crippen molar-refractivity contribution in [2.24, 2.45) is 0 Å². The van der Waals surface area contributed by atoms with Crippen molar-refractivity contribution < 1.29 is 31.8 Å². The Morgan fingerprint density at radius 1 is 1.36 bits per heavy atom. The Hall–Kier alpha value is -2.03. The SMILES string of the molecule is COc1cc(OCCC(F)(F)F)c(F)cc1CNC(=O)C1CCCN1. The summed E-state index contributed by atoms with van der Waals surface area (Å²) in [5, 5.41) is 5.74. The summed E-state index contributed by atoms with van der Waals surface area (Å²) in [4.78, 5) is 12.0. The Balaban J connectivity index is 1.98. The second-order valence-electron chi connectivity index (χ2n) is 5.67. The van der Waals surface area contributed by atoms with Crippen LogP contribution >= 0.6 is 0 Å². The van der Waals surface area contributed by atoms with Crippen LogP contribution in [0.5, 0.6) is 11.5 Å². The van der Waals surface area contributed by atoms with Crippen LogP contribution in [-0.2, 0) is 11.3 Å². The highest BCUT2D eigenvalue weighted by atomic mass is 19.4. The molecule has 9 heteroatoms. The molecule has 2 rings (SSSR count). The molecule has 0 radical (unpaired) electrons. The topological polar surface area (TPSA) is 59.6 Å². The maximum Gasteiger partial charge on any atom is 0.392 e. The number of ether oxygens (including phenoxy) is 2. The smallest absolute Gasteiger partial charge is 0.392 e. The minimum atomic E-state index is -4.38. The van der Waals surface area contributed by atoms with E-state index in [1.54, 1.807) is 0 Å². The van der Waals surface area contributed by atoms with Gasteiger partial charge in [-0.2, -0.15) is 13.2 Å². The molecule has 1 aromatic rings. The number of methoxy groups -OCH3 is 1. The Morgan fingerprint density at radius 2 is 2.12 bits per heavy atom. The number of halogens is 4. The lowest BCUT2D eigenvalue weighted by Crippen LogP contribution is -2.40. The van der Waals surface area contributed by atoms with Gasteiger partial charge in [0.1, 0.15) is 5.75 Å². The molecule has 0 spiro atoms. The van der Waals surface area contributed by atoms with Crippen LogP contribution in [-0.4, -0.2) is 38.4 Å². The van der Waals surface area contributed by atoms with Crippen molar-refractivity contribution in [1.82, 2.24) is 10.6 Å². The molecule has 0 saturated carbocycles. The van der Waals surface area contributed by atoms with E-state index in [1.807, 2.05) is 0 Å². The lowest BCUT2D eigenvalue weighted by molar-refractivity contribution is -0.139. The molecule has 1 aliphatic rings. The van der Waals surface area contributed by atoms with E-state index < -0.39 is 25.0 Å². The molecular weight excluding hydrogens is 344 g/mol. The van der Waals surface area contributed by atoms with Gasteiger partial charge in [-0.05, 0) is 25.5 Å². The third-order valence-corrected chi connectivity index (χ3v) is 3.81. The molecule has 1 fully saturated rings. The predicted molar refractivity (Wildman–Crippen MR) is 82.0 cm³/mol. The second kappa shape index (κ2) is 8.37. The van der Waals surface area contributed by atoms with Gasteiger partial charge in [-0.15, -0.1) is 0 Å². The molecule has 0 bridgehead atoms. The summed E-state index contributed by atoms with van der Waals surface area (Å²) in [7, 11) is 1.34. The van der Waals surface area contributed by atoms with E-state index in [2.05, 4.69) is 10.6 Å². The Morgan fingerprint density at radius 3 is 2.72 bits per heavy atom. The van der Waals surface area contributed by atoms with Crippen molar-refractivity contribution in [3.8, 4) is 11.5 Å². The molecule has 1 heterocycles. The fourth-order valence-corrected chi connectivity index (χ4v) is 2.51. The molecular formula is C16H20F4N2O3. The first kappa shape index (κ1) is 19.3. The number of alkyl halides is 3. The highest BCUT2D eigenvalue weighted by Crippen LogP contribution is 2.29. The highest BCUT2D eigenvalue weighted by Gasteiger charge is 2.27. The molecule has 25 heavy (non-hydrogen) atoms. The van der Waals surface area contributed by atoms with Crippen molar-refractivity contribution in [2.45, 2.75) is 38.0 Å². The van der Waals surface area contributed by atoms with E-state index in [0.29, 0.717) is 5.56 Å². The number of hydrogen-bond acceptors (Lipinski definition) is 4. The van der Waals surface area contributed by atoms with Gasteiger partial charge in [0.25, 0.3) is 0 Å². The first-order chi connectivity index (χ1) is 11.8. The third kappa shape index (κ3) is 5.77. The van der Waals surface area contributed by atoms with Crippen LogP contribution in [0.25, 0.3) is 0 Å². The highest BCUT2D eigenvalue weighted by molar-refractivity contribution is 5.82. The van der Waals surface area contributed by atoms with Crippen LogP contribution in [0.2, 0.25) is 0 Å². The van der Waals surface area contributed by atoms with E-state index in [9.17, 15) is 22.4 Å². The minimum Gasteiger partial charge on any atom is -0.496 e. The van der Waals surface area contributed by atoms with Gasteiger partial charge in [-0.1, -0.05) is 0 Å². The molecule has 5 nitrogen and oxygen atoms in total. The number of nitrogens with one attached hydrogen (secondary N) is 2. The van der Waals surface area contributed by atoms with Crippen LogP contribution < -0.4 is 20.1 Å². The monoisotopic (exact) mass is 364 g/mol. The maximum atomic E-state index is 14.0. The largest absolute Gasteiger partial charge is 0.496 e. The second-order valence-corrected chi connectivity index (χ2v) is 5.67. The van der Waals surface area contributed by atoms with Crippen molar-refractivity contribution >= 4 is 5.91 Å². The van der Waals surface area contributed by atoms with Gasteiger partial charge in [0.15, 0.2) is 11.6 Å². The van der Waals surface area contributed by atoms with Gasteiger partial charge in [0.05, 0.1) is 26.2 Å². The summed E-state index contributed by atoms with van der Waals surface area (Å²) in [6.45, 7) is 0.132. The number of amides is 1. The van der Waals surface area contributed by atoms with Crippen molar-refractivity contribution in [1.29, 1.82) is 0 Å². The van der Waals surface area contributed by atoms with Crippen molar-refractivity contribution in [2.75, 3.05) is 20.3 Å². The van der Waals surface area contributed by atoms with E-state index in [-0.39, 0.29) is 30.0 Å². The summed E-state index contributed by atoms with van der Waals surface area (Å²) >= 11 is 0. The average Bonchev–Trinajstić information content (AvgIpc) is 3.07. The molecule has 1 aliphatic heterocycles. The van der Waals surface area contributed by atoms with E-state index >= 15 is 0 Å². The first-order valence-electron chi connectivity index (χ1n) is 7.87. The summed E-state index contributed by atoms with van der Waals surface area (Å²) < 4.78 is 60.4. The zero-order valence-electron chi connectivity index (χ0n) is 13.7. The summed E-state index contributed by atoms with van der Waals surface area (Å²) in [6.07, 6.45) is -3.90. The fourth-order valence-electron chi connectivity index (χ4n) is 2.51. The summed E-state index contributed by atoms with van der Waals surface area (Å²) in [6, 6.07) is 2.01. The quantitative estimate of drug-likeness (QED) is 0.730. The predicted octanol–water partition coefficient (Wildman–Crippen LogP) is 2.53. The standard InChI is InChI=1S/C16H20F4N2O3/c1-24-13-8-14(25-6-4-16(18,19)20)11(17)7-10(13)9-22-15(23)12-3-2-5-21-12/h7-8,12,21H,2-6,9H2,1H3,(H,22,23). The van der Waals surface area contributed by atoms with Gasteiger partial charge >= 0.3 is 6.18 Å². The minimum absolute atomic E-state index is 0.0416. The summed E-state index contributed by atoms with van der Waals surface area (Å²) in [5.41, 5.74) is 0.370. The molecule has 1 unspecified atom stereocenters. The third-order valence-electron chi connectivity index (χ3n) is 3.81. The van der Waals surface area contributed by atoms with Gasteiger partial charge in [-0.25, -0.2) is 4.39 Å². The van der Waals surface area contributed by atoms with Crippen molar-refractivity contribution in [3.05, 3.63) is 23.5 Å². The lowest BCUT2D eigenvalue weighted by Gasteiger charge is -2.15.